The summed E-state index contributed by atoms with van der Waals surface area (Å²) in [5.41, 5.74) is 6.91. The van der Waals surface area contributed by atoms with Crippen molar-refractivity contribution in [2.24, 2.45) is 0 Å². The van der Waals surface area contributed by atoms with Crippen molar-refractivity contribution in [3.63, 3.8) is 0 Å². The molecule has 2 N–H and O–H groups in total. The highest BCUT2D eigenvalue weighted by Crippen LogP contribution is 2.17. The highest BCUT2D eigenvalue weighted by Gasteiger charge is 2.19. The Morgan fingerprint density at radius 3 is 2.52 bits per heavy atom. The van der Waals surface area contributed by atoms with Crippen molar-refractivity contribution in [2.45, 2.75) is 32.1 Å². The maximum Gasteiger partial charge on any atom is 0.275 e. The lowest BCUT2D eigenvalue weighted by Crippen LogP contribution is -2.42. The van der Waals surface area contributed by atoms with Crippen molar-refractivity contribution in [1.82, 2.24) is 16.0 Å². The van der Waals surface area contributed by atoms with Crippen LogP contribution in [0.2, 0.25) is 0 Å². The van der Waals surface area contributed by atoms with Crippen LogP contribution in [0.1, 0.15) is 34.3 Å². The smallest absolute Gasteiger partial charge is 0.275 e. The van der Waals surface area contributed by atoms with Crippen molar-refractivity contribution in [2.75, 3.05) is 5.75 Å². The average molecular weight is 333 g/mol. The zero-order valence-electron chi connectivity index (χ0n) is 13.3. The number of benzene rings is 1. The van der Waals surface area contributed by atoms with E-state index < -0.39 is 5.91 Å². The first-order chi connectivity index (χ1) is 11.0. The Balaban J connectivity index is 1.83. The first kappa shape index (κ1) is 17.1. The predicted octanol–water partition coefficient (Wildman–Crippen LogP) is 2.41. The molecule has 6 nitrogen and oxygen atoms in total. The van der Waals surface area contributed by atoms with Crippen LogP contribution >= 0.6 is 11.8 Å². The number of carbonyl (C=O) groups excluding carboxylic acids is 2. The van der Waals surface area contributed by atoms with Gasteiger partial charge in [0.25, 0.3) is 5.91 Å². The first-order valence-electron chi connectivity index (χ1n) is 7.25. The summed E-state index contributed by atoms with van der Waals surface area (Å²) in [6.07, 6.45) is 0.581. The molecule has 0 unspecified atom stereocenters. The molecule has 2 aromatic rings. The molecule has 0 fully saturated rings. The Morgan fingerprint density at radius 1 is 1.17 bits per heavy atom. The van der Waals surface area contributed by atoms with Crippen molar-refractivity contribution in [3.8, 4) is 0 Å². The van der Waals surface area contributed by atoms with Crippen LogP contribution in [0, 0.1) is 13.8 Å². The van der Waals surface area contributed by atoms with Crippen LogP contribution in [0.15, 0.2) is 33.7 Å². The number of carbonyl (C=O) groups is 2. The van der Waals surface area contributed by atoms with E-state index in [1.54, 1.807) is 6.92 Å². The monoisotopic (exact) mass is 333 g/mol. The molecule has 0 saturated heterocycles. The third-order valence-corrected chi connectivity index (χ3v) is 4.21. The average Bonchev–Trinajstić information content (AvgIpc) is 2.93. The summed E-state index contributed by atoms with van der Waals surface area (Å²) in [4.78, 5) is 24.9. The lowest BCUT2D eigenvalue weighted by molar-refractivity contribution is -0.119. The summed E-state index contributed by atoms with van der Waals surface area (Å²) in [6, 6.07) is 7.89. The maximum absolute atomic E-state index is 12.1. The van der Waals surface area contributed by atoms with Gasteiger partial charge >= 0.3 is 0 Å². The van der Waals surface area contributed by atoms with E-state index in [4.69, 9.17) is 4.52 Å². The molecule has 7 heteroatoms. The summed E-state index contributed by atoms with van der Waals surface area (Å²) in [5.74, 6) is -0.0555. The second kappa shape index (κ2) is 7.82. The van der Waals surface area contributed by atoms with E-state index in [9.17, 15) is 9.59 Å². The number of amides is 2. The van der Waals surface area contributed by atoms with E-state index in [0.29, 0.717) is 23.4 Å². The zero-order chi connectivity index (χ0) is 16.8. The van der Waals surface area contributed by atoms with E-state index in [1.807, 2.05) is 38.1 Å². The molecule has 0 bridgehead atoms. The van der Waals surface area contributed by atoms with Gasteiger partial charge in [-0.15, -0.1) is 11.8 Å². The molecule has 1 aromatic heterocycles. The van der Waals surface area contributed by atoms with Gasteiger partial charge in [-0.1, -0.05) is 29.8 Å². The van der Waals surface area contributed by atoms with Crippen molar-refractivity contribution < 1.29 is 14.1 Å². The van der Waals surface area contributed by atoms with Gasteiger partial charge in [0.15, 0.2) is 0 Å². The fourth-order valence-electron chi connectivity index (χ4n) is 1.96. The van der Waals surface area contributed by atoms with Gasteiger partial charge in [0.2, 0.25) is 5.91 Å². The largest absolute Gasteiger partial charge is 0.361 e. The van der Waals surface area contributed by atoms with Gasteiger partial charge in [0.05, 0.1) is 11.4 Å². The molecular weight excluding hydrogens is 314 g/mol. The summed E-state index contributed by atoms with van der Waals surface area (Å²) in [5, 5.41) is 3.81. The summed E-state index contributed by atoms with van der Waals surface area (Å²) >= 11 is 1.40. The minimum atomic E-state index is -0.422. The summed E-state index contributed by atoms with van der Waals surface area (Å²) in [6.45, 7) is 5.55. The summed E-state index contributed by atoms with van der Waals surface area (Å²) < 4.78 is 5.00. The van der Waals surface area contributed by atoms with E-state index >= 15 is 0 Å². The number of rotatable bonds is 5. The molecule has 0 aliphatic rings. The quantitative estimate of drug-likeness (QED) is 0.648. The molecule has 0 aliphatic carbocycles. The second-order valence-corrected chi connectivity index (χ2v) is 6.07. The minimum Gasteiger partial charge on any atom is -0.361 e. The van der Waals surface area contributed by atoms with Crippen LogP contribution in [-0.2, 0) is 11.2 Å². The van der Waals surface area contributed by atoms with Gasteiger partial charge in [0.1, 0.15) is 11.3 Å². The molecule has 1 heterocycles. The van der Waals surface area contributed by atoms with Crippen LogP contribution in [0.5, 0.6) is 0 Å². The number of hydrazine groups is 1. The van der Waals surface area contributed by atoms with Crippen molar-refractivity contribution in [1.29, 1.82) is 0 Å². The highest BCUT2D eigenvalue weighted by atomic mass is 32.2. The zero-order valence-corrected chi connectivity index (χ0v) is 14.1. The first-order valence-corrected chi connectivity index (χ1v) is 8.23. The van der Waals surface area contributed by atoms with Crippen LogP contribution < -0.4 is 10.9 Å². The molecule has 2 rings (SSSR count). The lowest BCUT2D eigenvalue weighted by Gasteiger charge is -2.07. The van der Waals surface area contributed by atoms with Gasteiger partial charge in [-0.25, -0.2) is 0 Å². The Morgan fingerprint density at radius 2 is 1.87 bits per heavy atom. The normalized spacial score (nSPS) is 10.4. The molecule has 0 spiro atoms. The Bertz CT molecular complexity index is 695. The van der Waals surface area contributed by atoms with Gasteiger partial charge in [0, 0.05) is 4.90 Å². The van der Waals surface area contributed by atoms with Crippen molar-refractivity contribution >= 4 is 23.6 Å². The molecule has 122 valence electrons. The number of nitrogens with one attached hydrogen (secondary N) is 2. The number of hydrogen-bond donors (Lipinski definition) is 2. The molecule has 1 aromatic carbocycles. The summed E-state index contributed by atoms with van der Waals surface area (Å²) in [7, 11) is 0. The Kier molecular flexibility index (Phi) is 5.81. The van der Waals surface area contributed by atoms with Gasteiger partial charge in [-0.05, 0) is 32.4 Å². The second-order valence-electron chi connectivity index (χ2n) is 5.02. The molecule has 0 aliphatic heterocycles. The highest BCUT2D eigenvalue weighted by molar-refractivity contribution is 8.00. The van der Waals surface area contributed by atoms with E-state index in [2.05, 4.69) is 16.0 Å². The number of aromatic nitrogens is 1. The molecule has 2 amide bonds. The molecule has 0 radical (unpaired) electrons. The van der Waals surface area contributed by atoms with Crippen molar-refractivity contribution in [3.05, 3.63) is 46.8 Å². The third kappa shape index (κ3) is 4.59. The van der Waals surface area contributed by atoms with E-state index in [-0.39, 0.29) is 11.7 Å². The minimum absolute atomic E-state index is 0.215. The molecule has 23 heavy (non-hydrogen) atoms. The SMILES string of the molecule is CCc1noc(C)c1C(=O)NNC(=O)CSc1ccc(C)cc1. The number of nitrogens with zero attached hydrogens (tertiary/aromatic N) is 1. The molecule has 0 saturated carbocycles. The number of hydrogen-bond acceptors (Lipinski definition) is 5. The van der Waals surface area contributed by atoms with Gasteiger partial charge < -0.3 is 4.52 Å². The Labute approximate surface area is 139 Å². The van der Waals surface area contributed by atoms with Crippen LogP contribution in [-0.4, -0.2) is 22.7 Å². The van der Waals surface area contributed by atoms with E-state index in [1.165, 1.54) is 17.3 Å². The predicted molar refractivity (Wildman–Crippen MR) is 88.1 cm³/mol. The van der Waals surface area contributed by atoms with Gasteiger partial charge in [-0.2, -0.15) is 0 Å². The number of thioether (sulfide) groups is 1. The fraction of sp³-hybridized carbons (Fsp3) is 0.312. The fourth-order valence-corrected chi connectivity index (χ4v) is 2.66. The van der Waals surface area contributed by atoms with Crippen LogP contribution in [0.4, 0.5) is 0 Å². The third-order valence-electron chi connectivity index (χ3n) is 3.20. The van der Waals surface area contributed by atoms with Gasteiger partial charge in [-0.3, -0.25) is 20.4 Å². The lowest BCUT2D eigenvalue weighted by atomic mass is 10.1. The van der Waals surface area contributed by atoms with Crippen LogP contribution in [0.25, 0.3) is 0 Å². The molecular formula is C16H19N3O3S. The van der Waals surface area contributed by atoms with E-state index in [0.717, 1.165) is 4.90 Å². The maximum atomic E-state index is 12.1. The number of aryl methyl sites for hydroxylation is 3. The standard InChI is InChI=1S/C16H19N3O3S/c1-4-13-15(11(3)22-19-13)16(21)18-17-14(20)9-23-12-7-5-10(2)6-8-12/h5-8H,4,9H2,1-3H3,(H,17,20)(H,18,21). The topological polar surface area (TPSA) is 84.2 Å². The Hall–Kier alpha value is -2.28. The van der Waals surface area contributed by atoms with Crippen LogP contribution in [0.3, 0.4) is 0 Å². The molecule has 0 atom stereocenters.